The third-order valence-electron chi connectivity index (χ3n) is 12.3. The molecular formula is C73H76Cl4N2O7S. The molecule has 0 atom stereocenters. The van der Waals surface area contributed by atoms with E-state index in [9.17, 15) is 14.4 Å². The van der Waals surface area contributed by atoms with Crippen molar-refractivity contribution in [1.82, 2.24) is 5.32 Å². The zero-order valence-corrected chi connectivity index (χ0v) is 49.8. The summed E-state index contributed by atoms with van der Waals surface area (Å²) in [4.78, 5) is 33.7. The molecule has 0 aliphatic rings. The minimum atomic E-state index is -1.67. The van der Waals surface area contributed by atoms with Crippen molar-refractivity contribution in [2.24, 2.45) is 5.73 Å². The number of benzene rings is 10. The molecule has 1 amide bonds. The quantitative estimate of drug-likeness (QED) is 0.0720. The second-order valence-electron chi connectivity index (χ2n) is 18.5. The number of amides is 1. The molecule has 0 aliphatic carbocycles. The lowest BCUT2D eigenvalue weighted by Crippen LogP contribution is -2.24. The topological polar surface area (TPSA) is 145 Å². The highest BCUT2D eigenvalue weighted by Gasteiger charge is 2.07. The van der Waals surface area contributed by atoms with E-state index in [1.807, 2.05) is 237 Å². The van der Waals surface area contributed by atoms with Gasteiger partial charge in [-0.2, -0.15) is 0 Å². The molecule has 10 rings (SSSR count). The second kappa shape index (κ2) is 42.5. The summed E-state index contributed by atoms with van der Waals surface area (Å²) in [5.74, 6) is 0.870. The number of nitrogens with two attached hydrogens (primary N) is 1. The Morgan fingerprint density at radius 1 is 0.402 bits per heavy atom. The average Bonchev–Trinajstić information content (AvgIpc) is 3.73. The Bertz CT molecular complexity index is 3420. The van der Waals surface area contributed by atoms with Gasteiger partial charge in [0.15, 0.2) is 0 Å². The Hall–Kier alpha value is -8.32. The van der Waals surface area contributed by atoms with E-state index < -0.39 is 15.2 Å². The highest BCUT2D eigenvalue weighted by Crippen LogP contribution is 2.23. The third-order valence-corrected chi connectivity index (χ3v) is 12.4. The van der Waals surface area contributed by atoms with Crippen molar-refractivity contribution in [3.05, 3.63) is 312 Å². The Morgan fingerprint density at radius 2 is 0.701 bits per heavy atom. The van der Waals surface area contributed by atoms with Crippen molar-refractivity contribution in [2.45, 2.75) is 67.8 Å². The van der Waals surface area contributed by atoms with Gasteiger partial charge in [-0.25, -0.2) is 4.21 Å². The van der Waals surface area contributed by atoms with Crippen LogP contribution in [0.5, 0.6) is 11.5 Å². The van der Waals surface area contributed by atoms with E-state index in [1.54, 1.807) is 0 Å². The molecule has 0 bridgehead atoms. The van der Waals surface area contributed by atoms with Crippen LogP contribution in [0.25, 0.3) is 33.4 Å². The van der Waals surface area contributed by atoms with E-state index in [0.717, 1.165) is 67.1 Å². The van der Waals surface area contributed by atoms with Gasteiger partial charge in [-0.15, -0.1) is 12.4 Å². The molecule has 0 radical (unpaired) electrons. The fourth-order valence-electron chi connectivity index (χ4n) is 8.11. The maximum atomic E-state index is 12.4. The van der Waals surface area contributed by atoms with E-state index in [0.29, 0.717) is 32.7 Å². The van der Waals surface area contributed by atoms with Crippen molar-refractivity contribution in [3.63, 3.8) is 0 Å². The summed E-state index contributed by atoms with van der Waals surface area (Å²) in [5, 5.41) is 11.3. The lowest BCUT2D eigenvalue weighted by molar-refractivity contribution is -0.136. The molecule has 4 N–H and O–H groups in total. The highest BCUT2D eigenvalue weighted by atomic mass is 36.0. The van der Waals surface area contributed by atoms with Gasteiger partial charge in [0.2, 0.25) is 20.4 Å². The smallest absolute Gasteiger partial charge is 0.307 e. The molecule has 0 spiro atoms. The molecular weight excluding hydrogens is 1190 g/mol. The van der Waals surface area contributed by atoms with Crippen LogP contribution in [-0.4, -0.2) is 26.4 Å². The van der Waals surface area contributed by atoms with Crippen LogP contribution >= 0.6 is 45.4 Å². The Labute approximate surface area is 537 Å². The van der Waals surface area contributed by atoms with E-state index in [1.165, 1.54) is 16.7 Å². The number of aliphatic carboxylic acids is 1. The number of rotatable bonds is 18. The van der Waals surface area contributed by atoms with Gasteiger partial charge in [0.1, 0.15) is 24.7 Å². The fraction of sp³-hybridized carbons (Fsp3) is 0.137. The summed E-state index contributed by atoms with van der Waals surface area (Å²) in [6.45, 7) is 2.14. The van der Waals surface area contributed by atoms with Gasteiger partial charge in [-0.3, -0.25) is 14.4 Å². The van der Waals surface area contributed by atoms with Crippen LogP contribution in [0.1, 0.15) is 61.2 Å². The zero-order valence-electron chi connectivity index (χ0n) is 45.9. The number of carboxylic acid groups (broad SMARTS) is 1. The van der Waals surface area contributed by atoms with Gasteiger partial charge in [-0.1, -0.05) is 271 Å². The molecule has 454 valence electrons. The van der Waals surface area contributed by atoms with E-state index >= 15 is 0 Å². The van der Waals surface area contributed by atoms with E-state index in [4.69, 9.17) is 36.1 Å². The fourth-order valence-corrected chi connectivity index (χ4v) is 8.26. The van der Waals surface area contributed by atoms with Crippen LogP contribution in [0.2, 0.25) is 0 Å². The first-order chi connectivity index (χ1) is 40.4. The molecule has 0 unspecified atom stereocenters. The standard InChI is InChI=1S/C28H25NO2.C14H11ClO.C14H15NO.C14H12O2.3CH4.Cl2OS.ClH/c30-28(19-22-14-16-26(17-15-22)25-11-5-2-6-12-25)29-20-24-10-7-13-27(18-24)31-21-23-8-3-1-4-9-23;15-14(16)10-11-6-8-13(9-7-11)12-4-2-1-3-5-12;15-10-13-7-4-8-14(9-13)16-11-12-5-2-1-3-6-12;15-14(16)10-11-6-8-13(9-7-11)12-4-2-1-3-5-12;;;;1-4(2)3;/h1-18H,19-21H2,(H,29,30);1-9H,10H2;1-9H,10-11,15H2;1-9H,10H2,(H,15,16);3*1H4;;1H. The molecule has 0 heterocycles. The maximum Gasteiger partial charge on any atom is 0.307 e. The Morgan fingerprint density at radius 3 is 1.05 bits per heavy atom. The second-order valence-corrected chi connectivity index (χ2v) is 21.4. The van der Waals surface area contributed by atoms with Gasteiger partial charge in [0.25, 0.3) is 0 Å². The average molecular weight is 1270 g/mol. The number of carbonyl (C=O) groups excluding carboxylic acids is 2. The molecule has 0 aliphatic heterocycles. The minimum Gasteiger partial charge on any atom is -0.489 e. The lowest BCUT2D eigenvalue weighted by atomic mass is 10.0. The van der Waals surface area contributed by atoms with Crippen LogP contribution in [-0.2, 0) is 69.2 Å². The summed E-state index contributed by atoms with van der Waals surface area (Å²) in [6, 6.07) is 89.9. The monoisotopic (exact) mass is 1260 g/mol. The first kappa shape index (κ1) is 74.8. The van der Waals surface area contributed by atoms with Crippen molar-refractivity contribution < 1.29 is 33.2 Å². The highest BCUT2D eigenvalue weighted by molar-refractivity contribution is 8.26. The van der Waals surface area contributed by atoms with Crippen molar-refractivity contribution >= 4 is 71.7 Å². The van der Waals surface area contributed by atoms with Crippen LogP contribution in [0.4, 0.5) is 0 Å². The van der Waals surface area contributed by atoms with Gasteiger partial charge in [0.05, 0.1) is 12.8 Å². The number of nitrogens with one attached hydrogen (secondary N) is 1. The molecule has 0 fully saturated rings. The summed E-state index contributed by atoms with van der Waals surface area (Å²) in [5.41, 5.74) is 19.6. The number of carbonyl (C=O) groups is 3. The molecule has 0 saturated heterocycles. The number of carboxylic acids is 1. The SMILES string of the molecule is C.C.C.Cl.NCc1cccc(OCc2ccccc2)c1.O=C(Cc1ccc(-c2ccccc2)cc1)NCc1cccc(OCc2ccccc2)c1.O=C(Cl)Cc1ccc(-c2ccccc2)cc1.O=C(O)Cc1ccc(-c2ccccc2)cc1.O=S(Cl)Cl. The predicted molar refractivity (Wildman–Crippen MR) is 367 cm³/mol. The van der Waals surface area contributed by atoms with Crippen LogP contribution < -0.4 is 20.5 Å². The summed E-state index contributed by atoms with van der Waals surface area (Å²) in [6.07, 6.45) is 0.727. The molecule has 0 aromatic heterocycles. The van der Waals surface area contributed by atoms with Gasteiger partial charge in [-0.05, 0) is 108 Å². The number of halogens is 4. The predicted octanol–water partition coefficient (Wildman–Crippen LogP) is 18.5. The summed E-state index contributed by atoms with van der Waals surface area (Å²) in [7, 11) is 7.36. The number of hydrogen-bond acceptors (Lipinski definition) is 7. The molecule has 9 nitrogen and oxygen atoms in total. The maximum absolute atomic E-state index is 12.4. The van der Waals surface area contributed by atoms with Crippen molar-refractivity contribution in [2.75, 3.05) is 0 Å². The Balaban J connectivity index is 0.000000399. The normalized spacial score (nSPS) is 9.67. The number of ether oxygens (including phenoxy) is 2. The minimum absolute atomic E-state index is 0. The molecule has 87 heavy (non-hydrogen) atoms. The number of hydrogen-bond donors (Lipinski definition) is 3. The first-order valence-corrected chi connectivity index (χ1v) is 29.6. The largest absolute Gasteiger partial charge is 0.489 e. The molecule has 10 aromatic carbocycles. The van der Waals surface area contributed by atoms with Gasteiger partial charge < -0.3 is 25.6 Å². The third kappa shape index (κ3) is 29.6. The van der Waals surface area contributed by atoms with Gasteiger partial charge >= 0.3 is 5.97 Å². The van der Waals surface area contributed by atoms with Crippen molar-refractivity contribution in [3.8, 4) is 44.9 Å². The van der Waals surface area contributed by atoms with Crippen LogP contribution in [0, 0.1) is 0 Å². The molecule has 0 saturated carbocycles. The summed E-state index contributed by atoms with van der Waals surface area (Å²) < 4.78 is 20.6. The Kier molecular flexibility index (Phi) is 36.5. The molecule has 10 aromatic rings. The summed E-state index contributed by atoms with van der Waals surface area (Å²) >= 11 is 5.33. The molecule has 14 heteroatoms. The van der Waals surface area contributed by atoms with Gasteiger partial charge in [0, 0.05) is 40.9 Å². The van der Waals surface area contributed by atoms with Crippen LogP contribution in [0.15, 0.2) is 273 Å². The van der Waals surface area contributed by atoms with Crippen molar-refractivity contribution in [1.29, 1.82) is 0 Å². The lowest BCUT2D eigenvalue weighted by Gasteiger charge is -2.10. The zero-order chi connectivity index (χ0) is 58.9. The van der Waals surface area contributed by atoms with E-state index in [-0.39, 0.29) is 58.7 Å². The van der Waals surface area contributed by atoms with E-state index in [2.05, 4.69) is 63.1 Å². The van der Waals surface area contributed by atoms with Crippen LogP contribution in [0.3, 0.4) is 0 Å². The first-order valence-electron chi connectivity index (χ1n) is 26.4.